The molecule has 3 rings (SSSR count). The lowest BCUT2D eigenvalue weighted by molar-refractivity contribution is -0.142. The predicted octanol–water partition coefficient (Wildman–Crippen LogP) is 1.97. The first-order valence-electron chi connectivity index (χ1n) is 7.98. The molecule has 1 saturated heterocycles. The Morgan fingerprint density at radius 2 is 2.24 bits per heavy atom. The lowest BCUT2D eigenvalue weighted by Gasteiger charge is -2.39. The molecule has 4 heteroatoms. The van der Waals surface area contributed by atoms with Gasteiger partial charge in [-0.15, -0.1) is 0 Å². The summed E-state index contributed by atoms with van der Waals surface area (Å²) in [5, 5.41) is 0. The molecule has 2 N–H and O–H groups in total. The van der Waals surface area contributed by atoms with Gasteiger partial charge in [-0.1, -0.05) is 31.5 Å². The van der Waals surface area contributed by atoms with Crippen molar-refractivity contribution in [1.82, 2.24) is 4.90 Å². The Labute approximate surface area is 126 Å². The van der Waals surface area contributed by atoms with E-state index in [9.17, 15) is 4.79 Å². The van der Waals surface area contributed by atoms with Crippen molar-refractivity contribution in [3.8, 4) is 5.75 Å². The molecule has 2 heterocycles. The van der Waals surface area contributed by atoms with Crippen LogP contribution in [0.3, 0.4) is 0 Å². The highest BCUT2D eigenvalue weighted by Crippen LogP contribution is 2.31. The summed E-state index contributed by atoms with van der Waals surface area (Å²) in [6.45, 7) is 3.57. The van der Waals surface area contributed by atoms with Gasteiger partial charge in [-0.05, 0) is 30.4 Å². The number of hydrogen-bond donors (Lipinski definition) is 1. The fourth-order valence-electron chi connectivity index (χ4n) is 3.52. The number of rotatable bonds is 3. The van der Waals surface area contributed by atoms with Gasteiger partial charge in [-0.3, -0.25) is 4.79 Å². The Morgan fingerprint density at radius 3 is 2.95 bits per heavy atom. The average molecular weight is 288 g/mol. The predicted molar refractivity (Wildman–Crippen MR) is 82.1 cm³/mol. The highest BCUT2D eigenvalue weighted by molar-refractivity contribution is 5.83. The summed E-state index contributed by atoms with van der Waals surface area (Å²) in [5.74, 6) is 1.66. The van der Waals surface area contributed by atoms with Crippen LogP contribution in [-0.2, 0) is 11.2 Å². The summed E-state index contributed by atoms with van der Waals surface area (Å²) in [6.07, 6.45) is 3.59. The van der Waals surface area contributed by atoms with Gasteiger partial charge in [0.25, 0.3) is 5.91 Å². The molecule has 3 atom stereocenters. The van der Waals surface area contributed by atoms with Gasteiger partial charge in [0.15, 0.2) is 6.10 Å². The smallest absolute Gasteiger partial charge is 0.264 e. The SMILES string of the molecule is CCC1CCN(C(=O)C2Cc3ccccc3O2)C(CN)C1. The van der Waals surface area contributed by atoms with E-state index in [1.54, 1.807) is 0 Å². The molecule has 0 spiro atoms. The average Bonchev–Trinajstić information content (AvgIpc) is 2.97. The quantitative estimate of drug-likeness (QED) is 0.925. The molecule has 0 bridgehead atoms. The lowest BCUT2D eigenvalue weighted by atomic mass is 9.88. The van der Waals surface area contributed by atoms with E-state index in [2.05, 4.69) is 6.92 Å². The maximum Gasteiger partial charge on any atom is 0.264 e. The summed E-state index contributed by atoms with van der Waals surface area (Å²) < 4.78 is 5.84. The molecular formula is C17H24N2O2. The Hall–Kier alpha value is -1.55. The third-order valence-electron chi connectivity index (χ3n) is 4.88. The number of piperidine rings is 1. The maximum absolute atomic E-state index is 12.8. The van der Waals surface area contributed by atoms with Gasteiger partial charge in [0.1, 0.15) is 5.75 Å². The molecule has 21 heavy (non-hydrogen) atoms. The van der Waals surface area contributed by atoms with Crippen LogP contribution in [0.4, 0.5) is 0 Å². The Balaban J connectivity index is 1.69. The number of fused-ring (bicyclic) bond motifs is 1. The van der Waals surface area contributed by atoms with E-state index >= 15 is 0 Å². The van der Waals surface area contributed by atoms with E-state index in [0.29, 0.717) is 18.9 Å². The monoisotopic (exact) mass is 288 g/mol. The molecule has 1 fully saturated rings. The van der Waals surface area contributed by atoms with E-state index in [0.717, 1.165) is 30.7 Å². The molecule has 0 aromatic heterocycles. The standard InChI is InChI=1S/C17H24N2O2/c1-2-12-7-8-19(14(9-12)11-18)17(20)16-10-13-5-3-4-6-15(13)21-16/h3-6,12,14,16H,2,7-11,18H2,1H3. The highest BCUT2D eigenvalue weighted by atomic mass is 16.5. The topological polar surface area (TPSA) is 55.6 Å². The molecule has 1 aromatic carbocycles. The maximum atomic E-state index is 12.8. The van der Waals surface area contributed by atoms with Gasteiger partial charge in [0, 0.05) is 25.6 Å². The number of para-hydroxylation sites is 1. The van der Waals surface area contributed by atoms with Crippen molar-refractivity contribution < 1.29 is 9.53 Å². The van der Waals surface area contributed by atoms with Crippen molar-refractivity contribution in [2.75, 3.05) is 13.1 Å². The number of hydrogen-bond acceptors (Lipinski definition) is 3. The van der Waals surface area contributed by atoms with Gasteiger partial charge in [-0.25, -0.2) is 0 Å². The second-order valence-electron chi connectivity index (χ2n) is 6.14. The lowest BCUT2D eigenvalue weighted by Crippen LogP contribution is -2.53. The molecule has 0 saturated carbocycles. The summed E-state index contributed by atoms with van der Waals surface area (Å²) >= 11 is 0. The summed E-state index contributed by atoms with van der Waals surface area (Å²) in [7, 11) is 0. The van der Waals surface area contributed by atoms with E-state index in [-0.39, 0.29) is 18.1 Å². The number of likely N-dealkylation sites (tertiary alicyclic amines) is 1. The van der Waals surface area contributed by atoms with Crippen LogP contribution in [0.15, 0.2) is 24.3 Å². The van der Waals surface area contributed by atoms with Crippen LogP contribution in [0.5, 0.6) is 5.75 Å². The first-order chi connectivity index (χ1) is 10.2. The number of benzene rings is 1. The number of ether oxygens (including phenoxy) is 1. The molecule has 2 aliphatic rings. The zero-order valence-corrected chi connectivity index (χ0v) is 12.6. The molecular weight excluding hydrogens is 264 g/mol. The van der Waals surface area contributed by atoms with Gasteiger partial charge in [0.05, 0.1) is 0 Å². The van der Waals surface area contributed by atoms with Crippen molar-refractivity contribution in [1.29, 1.82) is 0 Å². The highest BCUT2D eigenvalue weighted by Gasteiger charge is 2.37. The van der Waals surface area contributed by atoms with Crippen molar-refractivity contribution in [3.63, 3.8) is 0 Å². The van der Waals surface area contributed by atoms with Gasteiger partial charge >= 0.3 is 0 Å². The third-order valence-corrected chi connectivity index (χ3v) is 4.88. The zero-order valence-electron chi connectivity index (χ0n) is 12.6. The van der Waals surface area contributed by atoms with Crippen LogP contribution < -0.4 is 10.5 Å². The van der Waals surface area contributed by atoms with Crippen LogP contribution >= 0.6 is 0 Å². The van der Waals surface area contributed by atoms with Crippen LogP contribution in [0.25, 0.3) is 0 Å². The number of carbonyl (C=O) groups excluding carboxylic acids is 1. The Kier molecular flexibility index (Phi) is 4.15. The van der Waals surface area contributed by atoms with E-state index in [4.69, 9.17) is 10.5 Å². The van der Waals surface area contributed by atoms with Gasteiger partial charge in [-0.2, -0.15) is 0 Å². The minimum absolute atomic E-state index is 0.108. The molecule has 2 aliphatic heterocycles. The van der Waals surface area contributed by atoms with Crippen LogP contribution in [0, 0.1) is 5.92 Å². The van der Waals surface area contributed by atoms with Crippen molar-refractivity contribution >= 4 is 5.91 Å². The third kappa shape index (κ3) is 2.77. The fourth-order valence-corrected chi connectivity index (χ4v) is 3.52. The minimum atomic E-state index is -0.366. The normalized spacial score (nSPS) is 28.1. The molecule has 114 valence electrons. The molecule has 1 aromatic rings. The van der Waals surface area contributed by atoms with Crippen molar-refractivity contribution in [2.45, 2.75) is 44.8 Å². The number of nitrogens with two attached hydrogens (primary N) is 1. The number of carbonyl (C=O) groups is 1. The first-order valence-corrected chi connectivity index (χ1v) is 7.98. The number of amides is 1. The number of nitrogens with zero attached hydrogens (tertiary/aromatic N) is 1. The van der Waals surface area contributed by atoms with Crippen LogP contribution in [0.1, 0.15) is 31.7 Å². The molecule has 0 aliphatic carbocycles. The molecule has 3 unspecified atom stereocenters. The zero-order chi connectivity index (χ0) is 14.8. The van der Waals surface area contributed by atoms with Gasteiger partial charge in [0.2, 0.25) is 0 Å². The van der Waals surface area contributed by atoms with E-state index in [1.807, 2.05) is 29.2 Å². The largest absolute Gasteiger partial charge is 0.480 e. The summed E-state index contributed by atoms with van der Waals surface area (Å²) in [6, 6.07) is 8.08. The van der Waals surface area contributed by atoms with E-state index in [1.165, 1.54) is 6.42 Å². The molecule has 4 nitrogen and oxygen atoms in total. The van der Waals surface area contributed by atoms with Crippen LogP contribution in [0.2, 0.25) is 0 Å². The van der Waals surface area contributed by atoms with E-state index < -0.39 is 0 Å². The Bertz CT molecular complexity index is 492. The summed E-state index contributed by atoms with van der Waals surface area (Å²) in [5.41, 5.74) is 7.02. The van der Waals surface area contributed by atoms with Gasteiger partial charge < -0.3 is 15.4 Å². The van der Waals surface area contributed by atoms with Crippen LogP contribution in [-0.4, -0.2) is 36.0 Å². The fraction of sp³-hybridized carbons (Fsp3) is 0.588. The Morgan fingerprint density at radius 1 is 1.43 bits per heavy atom. The van der Waals surface area contributed by atoms with Crippen molar-refractivity contribution in [2.24, 2.45) is 11.7 Å². The first kappa shape index (κ1) is 14.4. The minimum Gasteiger partial charge on any atom is -0.480 e. The van der Waals surface area contributed by atoms with Crippen molar-refractivity contribution in [3.05, 3.63) is 29.8 Å². The molecule has 1 amide bonds. The second-order valence-corrected chi connectivity index (χ2v) is 6.14. The molecule has 0 radical (unpaired) electrons. The second kappa shape index (κ2) is 6.06. The summed E-state index contributed by atoms with van der Waals surface area (Å²) in [4.78, 5) is 14.7.